The molecule has 0 saturated heterocycles. The molecule has 3 saturated carbocycles. The summed E-state index contributed by atoms with van der Waals surface area (Å²) in [5, 5.41) is 0. The fourth-order valence-electron chi connectivity index (χ4n) is 8.30. The highest BCUT2D eigenvalue weighted by Crippen LogP contribution is 2.60. The lowest BCUT2D eigenvalue weighted by Gasteiger charge is -2.50. The highest BCUT2D eigenvalue weighted by Gasteiger charge is 2.57. The van der Waals surface area contributed by atoms with Crippen molar-refractivity contribution in [1.29, 1.82) is 0 Å². The molecule has 30 heavy (non-hydrogen) atoms. The van der Waals surface area contributed by atoms with Crippen LogP contribution in [0.2, 0.25) is 37.3 Å². The summed E-state index contributed by atoms with van der Waals surface area (Å²) < 4.78 is 0. The van der Waals surface area contributed by atoms with Crippen LogP contribution < -0.4 is 0 Å². The fourth-order valence-corrected chi connectivity index (χ4v) is 22.4. The van der Waals surface area contributed by atoms with Gasteiger partial charge in [-0.05, 0) is 53.2 Å². The second-order valence-electron chi connectivity index (χ2n) is 12.4. The van der Waals surface area contributed by atoms with Crippen LogP contribution >= 0.6 is 0 Å². The Morgan fingerprint density at radius 3 is 2.30 bits per heavy atom. The Bertz CT molecular complexity index is 679. The van der Waals surface area contributed by atoms with Crippen molar-refractivity contribution in [2.75, 3.05) is 0 Å². The lowest BCUT2D eigenvalue weighted by molar-refractivity contribution is 0.237. The molecular formula is C28H48Si2. The van der Waals surface area contributed by atoms with Gasteiger partial charge in [-0.3, -0.25) is 0 Å². The van der Waals surface area contributed by atoms with Gasteiger partial charge >= 0.3 is 0 Å². The van der Waals surface area contributed by atoms with Gasteiger partial charge in [0.1, 0.15) is 0 Å². The molecule has 3 aliphatic rings. The molecule has 0 N–H and O–H groups in total. The van der Waals surface area contributed by atoms with Gasteiger partial charge in [-0.2, -0.15) is 0 Å². The molecule has 1 aromatic rings. The van der Waals surface area contributed by atoms with E-state index in [0.29, 0.717) is 0 Å². The van der Waals surface area contributed by atoms with Crippen LogP contribution in [0.4, 0.5) is 0 Å². The third-order valence-electron chi connectivity index (χ3n) is 10.8. The number of benzene rings is 1. The molecule has 0 heterocycles. The standard InChI is InChI=1S/C28H48Si2/c1-6-7-12-22-17-18-24(21-22)29(2,3)30(4,5)28-20-19-26-25(15-11-16-27(26)28)23-13-9-8-10-14-23/h8-10,13-14,22,24-28H,6-7,11-12,15-21H2,1-5H3. The van der Waals surface area contributed by atoms with Gasteiger partial charge in [0.05, 0.1) is 0 Å². The smallest absolute Gasteiger partial charge is 0.0448 e. The Morgan fingerprint density at radius 1 is 0.800 bits per heavy atom. The monoisotopic (exact) mass is 440 g/mol. The molecule has 0 bridgehead atoms. The molecular weight excluding hydrogens is 392 g/mol. The SMILES string of the molecule is CCCCC1CCC([Si](C)(C)[Si](C)(C)C2CCC3C(c4ccccc4)CCCC32)C1. The van der Waals surface area contributed by atoms with Crippen LogP contribution in [0, 0.1) is 17.8 Å². The van der Waals surface area contributed by atoms with Crippen molar-refractivity contribution in [3.05, 3.63) is 35.9 Å². The first-order valence-corrected chi connectivity index (χ1v) is 20.6. The van der Waals surface area contributed by atoms with Crippen LogP contribution in [-0.2, 0) is 0 Å². The molecule has 0 aromatic heterocycles. The predicted octanol–water partition coefficient (Wildman–Crippen LogP) is 9.21. The Morgan fingerprint density at radius 2 is 1.57 bits per heavy atom. The Kier molecular flexibility index (Phi) is 7.05. The molecule has 3 aliphatic carbocycles. The van der Waals surface area contributed by atoms with E-state index >= 15 is 0 Å². The summed E-state index contributed by atoms with van der Waals surface area (Å²) in [5.41, 5.74) is 3.90. The van der Waals surface area contributed by atoms with Gasteiger partial charge in [-0.15, -0.1) is 0 Å². The summed E-state index contributed by atoms with van der Waals surface area (Å²) in [4.78, 5) is 0. The largest absolute Gasteiger partial charge is 0.0711 e. The summed E-state index contributed by atoms with van der Waals surface area (Å²) in [6, 6.07) is 11.6. The maximum Gasteiger partial charge on any atom is 0.0448 e. The first kappa shape index (κ1) is 22.8. The molecule has 1 aromatic carbocycles. The maximum atomic E-state index is 2.87. The molecule has 168 valence electrons. The minimum Gasteiger partial charge on any atom is -0.0711 e. The van der Waals surface area contributed by atoms with Crippen molar-refractivity contribution in [1.82, 2.24) is 0 Å². The lowest BCUT2D eigenvalue weighted by Crippen LogP contribution is -2.61. The van der Waals surface area contributed by atoms with E-state index in [1.165, 1.54) is 38.5 Å². The number of unbranched alkanes of at least 4 members (excludes halogenated alkanes) is 1. The molecule has 0 aliphatic heterocycles. The van der Waals surface area contributed by atoms with Crippen LogP contribution in [0.3, 0.4) is 0 Å². The number of hydrogen-bond donors (Lipinski definition) is 0. The normalized spacial score (nSPS) is 34.8. The van der Waals surface area contributed by atoms with Gasteiger partial charge < -0.3 is 0 Å². The summed E-state index contributed by atoms with van der Waals surface area (Å²) in [7, 11) is -2.41. The van der Waals surface area contributed by atoms with E-state index in [2.05, 4.69) is 63.4 Å². The molecule has 6 atom stereocenters. The van der Waals surface area contributed by atoms with E-state index in [1.807, 2.05) is 0 Å². The molecule has 0 amide bonds. The van der Waals surface area contributed by atoms with E-state index in [0.717, 1.165) is 34.8 Å². The third kappa shape index (κ3) is 4.17. The maximum absolute atomic E-state index is 2.87. The van der Waals surface area contributed by atoms with Crippen molar-refractivity contribution < 1.29 is 0 Å². The number of rotatable bonds is 7. The molecule has 2 heteroatoms. The zero-order valence-electron chi connectivity index (χ0n) is 20.6. The van der Waals surface area contributed by atoms with Gasteiger partial charge in [-0.25, -0.2) is 0 Å². The third-order valence-corrected chi connectivity index (χ3v) is 31.5. The summed E-state index contributed by atoms with van der Waals surface area (Å²) >= 11 is 0. The van der Waals surface area contributed by atoms with Crippen LogP contribution in [0.1, 0.15) is 89.0 Å². The summed E-state index contributed by atoms with van der Waals surface area (Å²) in [6.45, 7) is 13.8. The van der Waals surface area contributed by atoms with Gasteiger partial charge in [0.25, 0.3) is 0 Å². The zero-order valence-corrected chi connectivity index (χ0v) is 22.6. The van der Waals surface area contributed by atoms with E-state index in [1.54, 1.807) is 37.7 Å². The second-order valence-corrected chi connectivity index (χ2v) is 28.6. The molecule has 0 spiro atoms. The van der Waals surface area contributed by atoms with Crippen molar-refractivity contribution in [2.45, 2.75) is 121 Å². The quantitative estimate of drug-likeness (QED) is 0.370. The van der Waals surface area contributed by atoms with Gasteiger partial charge in [0.2, 0.25) is 0 Å². The van der Waals surface area contributed by atoms with Crippen molar-refractivity contribution >= 4 is 15.2 Å². The summed E-state index contributed by atoms with van der Waals surface area (Å²) in [6.07, 6.45) is 16.7. The lowest BCUT2D eigenvalue weighted by atomic mass is 9.71. The van der Waals surface area contributed by atoms with Crippen molar-refractivity contribution in [3.63, 3.8) is 0 Å². The number of hydrogen-bond acceptors (Lipinski definition) is 0. The minimum absolute atomic E-state index is 0.856. The van der Waals surface area contributed by atoms with Crippen LogP contribution in [-0.4, -0.2) is 15.2 Å². The van der Waals surface area contributed by atoms with Gasteiger partial charge in [-0.1, -0.05) is 121 Å². The van der Waals surface area contributed by atoms with E-state index in [4.69, 9.17) is 0 Å². The highest BCUT2D eigenvalue weighted by atomic mass is 29.3. The highest BCUT2D eigenvalue weighted by molar-refractivity contribution is 7.41. The number of fused-ring (bicyclic) bond motifs is 1. The van der Waals surface area contributed by atoms with Crippen LogP contribution in [0.25, 0.3) is 0 Å². The molecule has 4 rings (SSSR count). The molecule has 3 fully saturated rings. The molecule has 0 nitrogen and oxygen atoms in total. The van der Waals surface area contributed by atoms with Crippen molar-refractivity contribution in [2.24, 2.45) is 17.8 Å². The zero-order chi connectivity index (χ0) is 21.4. The Balaban J connectivity index is 1.49. The minimum atomic E-state index is -1.22. The van der Waals surface area contributed by atoms with Gasteiger partial charge in [0, 0.05) is 15.2 Å². The average Bonchev–Trinajstić information content (AvgIpc) is 3.40. The van der Waals surface area contributed by atoms with Crippen LogP contribution in [0.15, 0.2) is 30.3 Å². The Labute approximate surface area is 189 Å². The molecule has 6 unspecified atom stereocenters. The Hall–Kier alpha value is -0.346. The fraction of sp³-hybridized carbons (Fsp3) is 0.786. The van der Waals surface area contributed by atoms with Gasteiger partial charge in [0.15, 0.2) is 0 Å². The predicted molar refractivity (Wildman–Crippen MR) is 139 cm³/mol. The van der Waals surface area contributed by atoms with Crippen LogP contribution in [0.5, 0.6) is 0 Å². The van der Waals surface area contributed by atoms with E-state index in [-0.39, 0.29) is 0 Å². The topological polar surface area (TPSA) is 0 Å². The molecule has 0 radical (unpaired) electrons. The van der Waals surface area contributed by atoms with Crippen molar-refractivity contribution in [3.8, 4) is 0 Å². The van der Waals surface area contributed by atoms with E-state index < -0.39 is 15.2 Å². The first-order valence-electron chi connectivity index (χ1n) is 13.4. The first-order chi connectivity index (χ1) is 14.4. The second kappa shape index (κ2) is 9.26. The average molecular weight is 441 g/mol. The van der Waals surface area contributed by atoms with E-state index in [9.17, 15) is 0 Å². The summed E-state index contributed by atoms with van der Waals surface area (Å²) in [5.74, 6) is 3.97.